The van der Waals surface area contributed by atoms with Gasteiger partial charge in [0.05, 0.1) is 7.11 Å². The third-order valence-electron chi connectivity index (χ3n) is 2.36. The minimum Gasteiger partial charge on any atom is -0.467 e. The first-order valence-electron chi connectivity index (χ1n) is 5.33. The van der Waals surface area contributed by atoms with Gasteiger partial charge in [0.1, 0.15) is 6.04 Å². The Morgan fingerprint density at radius 2 is 2.17 bits per heavy atom. The summed E-state index contributed by atoms with van der Waals surface area (Å²) >= 11 is 6.00. The van der Waals surface area contributed by atoms with Crippen LogP contribution in [0, 0.1) is 0 Å². The zero-order valence-corrected chi connectivity index (χ0v) is 11.0. The Morgan fingerprint density at radius 1 is 1.50 bits per heavy atom. The molecule has 3 N–H and O–H groups in total. The fraction of sp³-hybridized carbons (Fsp3) is 0.333. The van der Waals surface area contributed by atoms with Crippen LogP contribution in [0.1, 0.15) is 12.5 Å². The van der Waals surface area contributed by atoms with E-state index in [0.29, 0.717) is 16.3 Å². The lowest BCUT2D eigenvalue weighted by atomic mass is 10.1. The fourth-order valence-corrected chi connectivity index (χ4v) is 1.75. The van der Waals surface area contributed by atoms with Gasteiger partial charge in [0, 0.05) is 24.1 Å². The van der Waals surface area contributed by atoms with Gasteiger partial charge in [-0.25, -0.2) is 4.79 Å². The highest BCUT2D eigenvalue weighted by Gasteiger charge is 2.21. The topological polar surface area (TPSA) is 81.4 Å². The average Bonchev–Trinajstić information content (AvgIpc) is 2.31. The number of nitrogens with two attached hydrogens (primary N) is 1. The third kappa shape index (κ3) is 3.92. The maximum atomic E-state index is 11.5. The van der Waals surface area contributed by atoms with E-state index in [-0.39, 0.29) is 12.3 Å². The molecule has 0 unspecified atom stereocenters. The van der Waals surface area contributed by atoms with Crippen LogP contribution in [0.25, 0.3) is 0 Å². The summed E-state index contributed by atoms with van der Waals surface area (Å²) in [7, 11) is 1.26. The number of nitrogens with one attached hydrogen (secondary N) is 1. The van der Waals surface area contributed by atoms with Crippen molar-refractivity contribution in [2.75, 3.05) is 12.8 Å². The number of halogens is 1. The molecule has 18 heavy (non-hydrogen) atoms. The smallest absolute Gasteiger partial charge is 0.328 e. The van der Waals surface area contributed by atoms with Crippen LogP contribution in [0.15, 0.2) is 18.2 Å². The fourth-order valence-electron chi connectivity index (χ4n) is 1.55. The molecule has 0 aliphatic rings. The van der Waals surface area contributed by atoms with E-state index >= 15 is 0 Å². The second kappa shape index (κ2) is 6.26. The standard InChI is InChI=1S/C12H15ClN2O3/c1-7(16)15-11(12(17)18-2)6-8-5-9(14)3-4-10(8)13/h3-5,11H,6,14H2,1-2H3,(H,15,16)/t11-/m0/s1. The van der Waals surface area contributed by atoms with E-state index < -0.39 is 12.0 Å². The SMILES string of the molecule is COC(=O)[C@H](Cc1cc(N)ccc1Cl)NC(C)=O. The van der Waals surface area contributed by atoms with Crippen molar-refractivity contribution in [2.45, 2.75) is 19.4 Å². The van der Waals surface area contributed by atoms with Gasteiger partial charge < -0.3 is 15.8 Å². The Balaban J connectivity index is 2.91. The number of benzene rings is 1. The Bertz CT molecular complexity index is 463. The van der Waals surface area contributed by atoms with Gasteiger partial charge in [0.15, 0.2) is 0 Å². The van der Waals surface area contributed by atoms with E-state index in [1.54, 1.807) is 18.2 Å². The number of methoxy groups -OCH3 is 1. The Hall–Kier alpha value is -1.75. The predicted octanol–water partition coefficient (Wildman–Crippen LogP) is 1.14. The molecule has 0 aliphatic carbocycles. The molecule has 0 aromatic heterocycles. The van der Waals surface area contributed by atoms with Crippen LogP contribution in [-0.2, 0) is 20.7 Å². The van der Waals surface area contributed by atoms with Gasteiger partial charge in [-0.1, -0.05) is 11.6 Å². The summed E-state index contributed by atoms with van der Waals surface area (Å²) in [6.07, 6.45) is 0.232. The van der Waals surface area contributed by atoms with Crippen LogP contribution >= 0.6 is 11.6 Å². The van der Waals surface area contributed by atoms with Crippen molar-refractivity contribution in [1.82, 2.24) is 5.32 Å². The molecule has 5 nitrogen and oxygen atoms in total. The zero-order chi connectivity index (χ0) is 13.7. The molecule has 1 aromatic rings. The lowest BCUT2D eigenvalue weighted by Crippen LogP contribution is -2.42. The number of esters is 1. The van der Waals surface area contributed by atoms with E-state index in [2.05, 4.69) is 10.1 Å². The summed E-state index contributed by atoms with van der Waals surface area (Å²) < 4.78 is 4.63. The van der Waals surface area contributed by atoms with Crippen molar-refractivity contribution >= 4 is 29.2 Å². The monoisotopic (exact) mass is 270 g/mol. The van der Waals surface area contributed by atoms with Crippen LogP contribution in [0.2, 0.25) is 5.02 Å². The van der Waals surface area contributed by atoms with E-state index in [1.165, 1.54) is 14.0 Å². The number of carbonyl (C=O) groups is 2. The summed E-state index contributed by atoms with van der Waals surface area (Å²) in [5, 5.41) is 3.00. The molecule has 0 radical (unpaired) electrons. The van der Waals surface area contributed by atoms with Crippen molar-refractivity contribution in [2.24, 2.45) is 0 Å². The summed E-state index contributed by atoms with van der Waals surface area (Å²) in [6.45, 7) is 1.33. The molecule has 0 aliphatic heterocycles. The Morgan fingerprint density at radius 3 is 2.72 bits per heavy atom. The second-order valence-corrected chi connectivity index (χ2v) is 4.24. The van der Waals surface area contributed by atoms with Crippen LogP contribution in [0.3, 0.4) is 0 Å². The minimum atomic E-state index is -0.771. The first-order valence-corrected chi connectivity index (χ1v) is 5.70. The number of rotatable bonds is 4. The maximum Gasteiger partial charge on any atom is 0.328 e. The molecule has 0 spiro atoms. The number of nitrogen functional groups attached to an aromatic ring is 1. The minimum absolute atomic E-state index is 0.232. The van der Waals surface area contributed by atoms with Gasteiger partial charge in [0.2, 0.25) is 5.91 Å². The molecular formula is C12H15ClN2O3. The normalized spacial score (nSPS) is 11.7. The number of hydrogen-bond acceptors (Lipinski definition) is 4. The summed E-state index contributed by atoms with van der Waals surface area (Å²) in [5.74, 6) is -0.839. The van der Waals surface area contributed by atoms with E-state index in [0.717, 1.165) is 0 Å². The van der Waals surface area contributed by atoms with Crippen molar-refractivity contribution < 1.29 is 14.3 Å². The quantitative estimate of drug-likeness (QED) is 0.635. The lowest BCUT2D eigenvalue weighted by molar-refractivity contribution is -0.144. The number of amides is 1. The summed E-state index contributed by atoms with van der Waals surface area (Å²) in [4.78, 5) is 22.6. The maximum absolute atomic E-state index is 11.5. The van der Waals surface area contributed by atoms with Gasteiger partial charge >= 0.3 is 5.97 Å². The van der Waals surface area contributed by atoms with E-state index in [9.17, 15) is 9.59 Å². The molecule has 6 heteroatoms. The van der Waals surface area contributed by atoms with Gasteiger partial charge in [-0.05, 0) is 23.8 Å². The van der Waals surface area contributed by atoms with Crippen LogP contribution < -0.4 is 11.1 Å². The molecule has 0 saturated carbocycles. The largest absolute Gasteiger partial charge is 0.467 e. The number of hydrogen-bond donors (Lipinski definition) is 2. The third-order valence-corrected chi connectivity index (χ3v) is 2.73. The number of ether oxygens (including phenoxy) is 1. The van der Waals surface area contributed by atoms with Gasteiger partial charge in [-0.15, -0.1) is 0 Å². The number of carbonyl (C=O) groups excluding carboxylic acids is 2. The molecule has 0 fully saturated rings. The zero-order valence-electron chi connectivity index (χ0n) is 10.2. The highest BCUT2D eigenvalue weighted by atomic mass is 35.5. The average molecular weight is 271 g/mol. The Kier molecular flexibility index (Phi) is 4.97. The van der Waals surface area contributed by atoms with Crippen molar-refractivity contribution in [3.8, 4) is 0 Å². The second-order valence-electron chi connectivity index (χ2n) is 3.83. The molecule has 1 aromatic carbocycles. The molecule has 0 heterocycles. The van der Waals surface area contributed by atoms with Crippen LogP contribution in [-0.4, -0.2) is 25.0 Å². The molecule has 0 bridgehead atoms. The molecule has 0 saturated heterocycles. The van der Waals surface area contributed by atoms with E-state index in [4.69, 9.17) is 17.3 Å². The van der Waals surface area contributed by atoms with Crippen molar-refractivity contribution in [3.05, 3.63) is 28.8 Å². The number of anilines is 1. The first-order chi connectivity index (χ1) is 8.43. The molecule has 98 valence electrons. The molecule has 1 amide bonds. The van der Waals surface area contributed by atoms with Gasteiger partial charge in [0.25, 0.3) is 0 Å². The predicted molar refractivity (Wildman–Crippen MR) is 69.2 cm³/mol. The molecular weight excluding hydrogens is 256 g/mol. The van der Waals surface area contributed by atoms with Crippen molar-refractivity contribution in [3.63, 3.8) is 0 Å². The van der Waals surface area contributed by atoms with Gasteiger partial charge in [-0.2, -0.15) is 0 Å². The van der Waals surface area contributed by atoms with Crippen LogP contribution in [0.4, 0.5) is 5.69 Å². The lowest BCUT2D eigenvalue weighted by Gasteiger charge is -2.16. The highest BCUT2D eigenvalue weighted by molar-refractivity contribution is 6.31. The van der Waals surface area contributed by atoms with Gasteiger partial charge in [-0.3, -0.25) is 4.79 Å². The van der Waals surface area contributed by atoms with Crippen LogP contribution in [0.5, 0.6) is 0 Å². The summed E-state index contributed by atoms with van der Waals surface area (Å²) in [5.41, 5.74) is 6.87. The molecule has 1 atom stereocenters. The Labute approximate surface area is 110 Å². The highest BCUT2D eigenvalue weighted by Crippen LogP contribution is 2.20. The molecule has 1 rings (SSSR count). The van der Waals surface area contributed by atoms with E-state index in [1.807, 2.05) is 0 Å². The first kappa shape index (κ1) is 14.3. The van der Waals surface area contributed by atoms with Crippen molar-refractivity contribution in [1.29, 1.82) is 0 Å². The summed E-state index contributed by atoms with van der Waals surface area (Å²) in [6, 6.07) is 4.21.